The molecule has 1 amide bonds. The minimum Gasteiger partial charge on any atom is -0.350 e. The number of benzene rings is 2. The molecule has 0 bridgehead atoms. The van der Waals surface area contributed by atoms with Crippen LogP contribution in [-0.2, 0) is 20.0 Å². The van der Waals surface area contributed by atoms with Crippen LogP contribution in [0.5, 0.6) is 0 Å². The van der Waals surface area contributed by atoms with E-state index < -0.39 is 0 Å². The van der Waals surface area contributed by atoms with Crippen molar-refractivity contribution >= 4 is 22.5 Å². The Bertz CT molecular complexity index is 907. The standard InChI is InChI=1S/C20H20N2O/c1-3-4-14-5-6-16-13-22(20(23)18(16)11-14)17-8-7-15-9-10-21(2)19(15)12-17/h5-12H,3-4,13H2,1-2H3. The lowest BCUT2D eigenvalue weighted by Crippen LogP contribution is -2.22. The highest BCUT2D eigenvalue weighted by Gasteiger charge is 2.28. The van der Waals surface area contributed by atoms with E-state index in [1.165, 1.54) is 10.9 Å². The first kappa shape index (κ1) is 14.1. The number of hydrogen-bond donors (Lipinski definition) is 0. The zero-order chi connectivity index (χ0) is 16.0. The Labute approximate surface area is 136 Å². The first-order valence-corrected chi connectivity index (χ1v) is 8.16. The number of aryl methyl sites for hydroxylation is 2. The minimum atomic E-state index is 0.117. The van der Waals surface area contributed by atoms with E-state index in [9.17, 15) is 4.79 Å². The average Bonchev–Trinajstić information content (AvgIpc) is 3.09. The van der Waals surface area contributed by atoms with Gasteiger partial charge in [-0.2, -0.15) is 0 Å². The monoisotopic (exact) mass is 304 g/mol. The van der Waals surface area contributed by atoms with E-state index in [1.54, 1.807) is 0 Å². The molecule has 116 valence electrons. The van der Waals surface area contributed by atoms with Gasteiger partial charge in [-0.1, -0.05) is 31.5 Å². The zero-order valence-electron chi connectivity index (χ0n) is 13.5. The zero-order valence-corrected chi connectivity index (χ0v) is 13.5. The summed E-state index contributed by atoms with van der Waals surface area (Å²) >= 11 is 0. The third-order valence-electron chi connectivity index (χ3n) is 4.70. The van der Waals surface area contributed by atoms with E-state index in [2.05, 4.69) is 47.9 Å². The summed E-state index contributed by atoms with van der Waals surface area (Å²) in [4.78, 5) is 14.7. The second-order valence-electron chi connectivity index (χ2n) is 6.30. The lowest BCUT2D eigenvalue weighted by Gasteiger charge is -2.16. The molecule has 0 atom stereocenters. The number of amides is 1. The summed E-state index contributed by atoms with van der Waals surface area (Å²) in [6.45, 7) is 2.83. The Hall–Kier alpha value is -2.55. The molecule has 0 N–H and O–H groups in total. The fraction of sp³-hybridized carbons (Fsp3) is 0.250. The fourth-order valence-corrected chi connectivity index (χ4v) is 3.42. The Balaban J connectivity index is 1.72. The number of aromatic nitrogens is 1. The average molecular weight is 304 g/mol. The number of nitrogens with zero attached hydrogens (tertiary/aromatic N) is 2. The molecule has 1 aliphatic rings. The van der Waals surface area contributed by atoms with Crippen LogP contribution in [0.2, 0.25) is 0 Å². The van der Waals surface area contributed by atoms with Crippen molar-refractivity contribution in [3.63, 3.8) is 0 Å². The molecule has 0 saturated heterocycles. The van der Waals surface area contributed by atoms with Crippen LogP contribution in [-0.4, -0.2) is 10.5 Å². The highest BCUT2D eigenvalue weighted by Crippen LogP contribution is 2.31. The van der Waals surface area contributed by atoms with Gasteiger partial charge >= 0.3 is 0 Å². The van der Waals surface area contributed by atoms with Crippen LogP contribution >= 0.6 is 0 Å². The summed E-state index contributed by atoms with van der Waals surface area (Å²) in [7, 11) is 2.03. The van der Waals surface area contributed by atoms with Gasteiger partial charge in [-0.15, -0.1) is 0 Å². The number of carbonyl (C=O) groups is 1. The molecule has 3 heteroatoms. The van der Waals surface area contributed by atoms with Gasteiger partial charge in [0.2, 0.25) is 0 Å². The second kappa shape index (κ2) is 5.27. The van der Waals surface area contributed by atoms with Gasteiger partial charge in [0, 0.05) is 30.0 Å². The van der Waals surface area contributed by atoms with E-state index in [1.807, 2.05) is 24.2 Å². The van der Waals surface area contributed by atoms with E-state index in [0.29, 0.717) is 6.54 Å². The quantitative estimate of drug-likeness (QED) is 0.708. The van der Waals surface area contributed by atoms with Crippen molar-refractivity contribution in [2.75, 3.05) is 4.90 Å². The summed E-state index contributed by atoms with van der Waals surface area (Å²) < 4.78 is 2.09. The van der Waals surface area contributed by atoms with Gasteiger partial charge < -0.3 is 9.47 Å². The Morgan fingerprint density at radius 1 is 1.09 bits per heavy atom. The van der Waals surface area contributed by atoms with Gasteiger partial charge in [-0.05, 0) is 47.2 Å². The van der Waals surface area contributed by atoms with E-state index >= 15 is 0 Å². The molecule has 0 saturated carbocycles. The molecule has 0 fully saturated rings. The molecule has 0 unspecified atom stereocenters. The minimum absolute atomic E-state index is 0.117. The van der Waals surface area contributed by atoms with E-state index in [0.717, 1.165) is 35.2 Å². The van der Waals surface area contributed by atoms with Crippen molar-refractivity contribution in [2.24, 2.45) is 7.05 Å². The summed E-state index contributed by atoms with van der Waals surface area (Å²) in [6, 6.07) is 14.7. The van der Waals surface area contributed by atoms with Crippen molar-refractivity contribution < 1.29 is 4.79 Å². The molecule has 4 rings (SSSR count). The Morgan fingerprint density at radius 3 is 2.78 bits per heavy atom. The molecule has 0 radical (unpaired) electrons. The third kappa shape index (κ3) is 2.24. The molecule has 0 aliphatic carbocycles. The van der Waals surface area contributed by atoms with Crippen molar-refractivity contribution in [3.05, 3.63) is 65.4 Å². The Kier molecular flexibility index (Phi) is 3.22. The summed E-state index contributed by atoms with van der Waals surface area (Å²) in [6.07, 6.45) is 4.17. The summed E-state index contributed by atoms with van der Waals surface area (Å²) in [5, 5.41) is 1.20. The van der Waals surface area contributed by atoms with E-state index in [4.69, 9.17) is 0 Å². The topological polar surface area (TPSA) is 25.2 Å². The predicted octanol–water partition coefficient (Wildman–Crippen LogP) is 4.29. The number of rotatable bonds is 3. The molecule has 2 aromatic carbocycles. The number of fused-ring (bicyclic) bond motifs is 2. The van der Waals surface area contributed by atoms with Crippen molar-refractivity contribution in [2.45, 2.75) is 26.3 Å². The molecular formula is C20H20N2O. The van der Waals surface area contributed by atoms with Crippen LogP contribution in [0.3, 0.4) is 0 Å². The molecule has 1 aromatic heterocycles. The van der Waals surface area contributed by atoms with Crippen LogP contribution in [0.4, 0.5) is 5.69 Å². The predicted molar refractivity (Wildman–Crippen MR) is 93.9 cm³/mol. The van der Waals surface area contributed by atoms with Crippen molar-refractivity contribution in [3.8, 4) is 0 Å². The maximum Gasteiger partial charge on any atom is 0.258 e. The lowest BCUT2D eigenvalue weighted by molar-refractivity contribution is 0.0996. The van der Waals surface area contributed by atoms with Crippen LogP contribution in [0.1, 0.15) is 34.8 Å². The molecular weight excluding hydrogens is 284 g/mol. The van der Waals surface area contributed by atoms with Crippen LogP contribution < -0.4 is 4.90 Å². The largest absolute Gasteiger partial charge is 0.350 e. The normalized spacial score (nSPS) is 13.8. The maximum absolute atomic E-state index is 12.8. The van der Waals surface area contributed by atoms with Gasteiger partial charge in [0.1, 0.15) is 0 Å². The van der Waals surface area contributed by atoms with Gasteiger partial charge in [-0.25, -0.2) is 0 Å². The highest BCUT2D eigenvalue weighted by atomic mass is 16.2. The SMILES string of the molecule is CCCc1ccc2c(c1)C(=O)N(c1ccc3ccn(C)c3c1)C2. The lowest BCUT2D eigenvalue weighted by atomic mass is 10.0. The molecule has 1 aliphatic heterocycles. The maximum atomic E-state index is 12.8. The molecule has 0 spiro atoms. The van der Waals surface area contributed by atoms with Gasteiger partial charge in [0.15, 0.2) is 0 Å². The summed E-state index contributed by atoms with van der Waals surface area (Å²) in [5.41, 5.74) is 5.36. The fourth-order valence-electron chi connectivity index (χ4n) is 3.42. The van der Waals surface area contributed by atoms with E-state index in [-0.39, 0.29) is 5.91 Å². The second-order valence-corrected chi connectivity index (χ2v) is 6.30. The Morgan fingerprint density at radius 2 is 1.96 bits per heavy atom. The molecule has 3 nitrogen and oxygen atoms in total. The smallest absolute Gasteiger partial charge is 0.258 e. The number of hydrogen-bond acceptors (Lipinski definition) is 1. The van der Waals surface area contributed by atoms with Gasteiger partial charge in [0.05, 0.1) is 6.54 Å². The first-order valence-electron chi connectivity index (χ1n) is 8.16. The third-order valence-corrected chi connectivity index (χ3v) is 4.70. The first-order chi connectivity index (χ1) is 11.2. The van der Waals surface area contributed by atoms with Crippen LogP contribution in [0.25, 0.3) is 10.9 Å². The highest BCUT2D eigenvalue weighted by molar-refractivity contribution is 6.10. The van der Waals surface area contributed by atoms with Crippen molar-refractivity contribution in [1.29, 1.82) is 0 Å². The molecule has 3 aromatic rings. The van der Waals surface area contributed by atoms with Gasteiger partial charge in [-0.3, -0.25) is 4.79 Å². The van der Waals surface area contributed by atoms with Crippen molar-refractivity contribution in [1.82, 2.24) is 4.57 Å². The molecule has 2 heterocycles. The van der Waals surface area contributed by atoms with Crippen LogP contribution in [0.15, 0.2) is 48.7 Å². The van der Waals surface area contributed by atoms with Gasteiger partial charge in [0.25, 0.3) is 5.91 Å². The molecule has 23 heavy (non-hydrogen) atoms. The summed E-state index contributed by atoms with van der Waals surface area (Å²) in [5.74, 6) is 0.117. The van der Waals surface area contributed by atoms with Crippen LogP contribution in [0, 0.1) is 0 Å². The number of carbonyl (C=O) groups excluding carboxylic acids is 1. The number of anilines is 1.